The molecule has 0 saturated carbocycles. The van der Waals surface area contributed by atoms with Crippen molar-refractivity contribution in [1.82, 2.24) is 10.6 Å². The van der Waals surface area contributed by atoms with Crippen molar-refractivity contribution >= 4 is 11.8 Å². The summed E-state index contributed by atoms with van der Waals surface area (Å²) < 4.78 is 23.8. The average molecular weight is 374 g/mol. The number of hydrogen-bond acceptors (Lipinski definition) is 4. The maximum Gasteiger partial charge on any atom is 0.251 e. The molecule has 0 aliphatic carbocycles. The number of amides is 2. The molecule has 0 fully saturated rings. The van der Waals surface area contributed by atoms with Crippen LogP contribution in [0.5, 0.6) is 11.5 Å². The molecule has 144 valence electrons. The molecule has 0 unspecified atom stereocenters. The zero-order chi connectivity index (χ0) is 19.6. The van der Waals surface area contributed by atoms with E-state index in [2.05, 4.69) is 10.6 Å². The van der Waals surface area contributed by atoms with E-state index >= 15 is 0 Å². The maximum absolute atomic E-state index is 13.5. The van der Waals surface area contributed by atoms with Crippen molar-refractivity contribution in [3.8, 4) is 11.5 Å². The molecule has 2 amide bonds. The first-order valence-electron chi connectivity index (χ1n) is 8.55. The lowest BCUT2D eigenvalue weighted by Gasteiger charge is -2.10. The lowest BCUT2D eigenvalue weighted by atomic mass is 10.1. The van der Waals surface area contributed by atoms with Gasteiger partial charge in [-0.3, -0.25) is 9.59 Å². The number of aryl methyl sites for hydroxylation is 1. The number of hydrogen-bond donors (Lipinski definition) is 2. The van der Waals surface area contributed by atoms with Gasteiger partial charge in [0.1, 0.15) is 5.82 Å². The molecule has 6 nitrogen and oxygen atoms in total. The predicted octanol–water partition coefficient (Wildman–Crippen LogP) is 2.32. The number of carbonyl (C=O) groups is 2. The highest BCUT2D eigenvalue weighted by Gasteiger charge is 2.10. The van der Waals surface area contributed by atoms with Crippen molar-refractivity contribution in [1.29, 1.82) is 0 Å². The Balaban J connectivity index is 1.72. The highest BCUT2D eigenvalue weighted by atomic mass is 19.1. The van der Waals surface area contributed by atoms with Gasteiger partial charge in [-0.15, -0.1) is 0 Å². The quantitative estimate of drug-likeness (QED) is 0.661. The first-order chi connectivity index (χ1) is 13.0. The predicted molar refractivity (Wildman–Crippen MR) is 99.6 cm³/mol. The molecular weight excluding hydrogens is 351 g/mol. The number of halogens is 1. The van der Waals surface area contributed by atoms with Crippen LogP contribution >= 0.6 is 0 Å². The van der Waals surface area contributed by atoms with Crippen LogP contribution in [0.1, 0.15) is 22.3 Å². The highest BCUT2D eigenvalue weighted by Crippen LogP contribution is 2.27. The Morgan fingerprint density at radius 2 is 1.67 bits per heavy atom. The van der Waals surface area contributed by atoms with Gasteiger partial charge in [-0.05, 0) is 36.2 Å². The fourth-order valence-corrected chi connectivity index (χ4v) is 2.50. The smallest absolute Gasteiger partial charge is 0.251 e. The fourth-order valence-electron chi connectivity index (χ4n) is 2.50. The number of benzene rings is 2. The van der Waals surface area contributed by atoms with Gasteiger partial charge in [0.25, 0.3) is 5.91 Å². The highest BCUT2D eigenvalue weighted by molar-refractivity contribution is 5.94. The van der Waals surface area contributed by atoms with Crippen LogP contribution in [-0.2, 0) is 11.2 Å². The van der Waals surface area contributed by atoms with E-state index in [-0.39, 0.29) is 37.1 Å². The summed E-state index contributed by atoms with van der Waals surface area (Å²) in [6.45, 7) is 0.563. The zero-order valence-corrected chi connectivity index (χ0v) is 15.4. The molecule has 27 heavy (non-hydrogen) atoms. The zero-order valence-electron chi connectivity index (χ0n) is 15.4. The molecule has 2 rings (SSSR count). The topological polar surface area (TPSA) is 76.7 Å². The van der Waals surface area contributed by atoms with Crippen LogP contribution in [0.2, 0.25) is 0 Å². The third-order valence-corrected chi connectivity index (χ3v) is 3.96. The van der Waals surface area contributed by atoms with E-state index in [0.717, 1.165) is 0 Å². The molecule has 0 radical (unpaired) electrons. The minimum Gasteiger partial charge on any atom is -0.493 e. The normalized spacial score (nSPS) is 10.2. The van der Waals surface area contributed by atoms with Gasteiger partial charge >= 0.3 is 0 Å². The number of rotatable bonds is 9. The van der Waals surface area contributed by atoms with Crippen LogP contribution in [0, 0.1) is 5.82 Å². The second-order valence-corrected chi connectivity index (χ2v) is 5.77. The number of ether oxygens (including phenoxy) is 2. The standard InChI is InChI=1S/C20H23FN2O4/c1-26-17-9-7-15(13-18(17)27-2)20(25)23-12-11-22-19(24)10-8-14-5-3-4-6-16(14)21/h3-7,9,13H,8,10-12H2,1-2H3,(H,22,24)(H,23,25). The van der Waals surface area contributed by atoms with E-state index < -0.39 is 0 Å². The number of methoxy groups -OCH3 is 2. The Labute approximate surface area is 157 Å². The van der Waals surface area contributed by atoms with Gasteiger partial charge in [-0.25, -0.2) is 4.39 Å². The van der Waals surface area contributed by atoms with Gasteiger partial charge in [0.05, 0.1) is 14.2 Å². The summed E-state index contributed by atoms with van der Waals surface area (Å²) in [5.41, 5.74) is 0.938. The summed E-state index contributed by atoms with van der Waals surface area (Å²) >= 11 is 0. The van der Waals surface area contributed by atoms with Crippen molar-refractivity contribution in [2.24, 2.45) is 0 Å². The van der Waals surface area contributed by atoms with Gasteiger partial charge in [0, 0.05) is 25.1 Å². The lowest BCUT2D eigenvalue weighted by molar-refractivity contribution is -0.121. The van der Waals surface area contributed by atoms with Crippen molar-refractivity contribution in [3.63, 3.8) is 0 Å². The maximum atomic E-state index is 13.5. The largest absolute Gasteiger partial charge is 0.493 e. The summed E-state index contributed by atoms with van der Waals surface area (Å²) in [7, 11) is 3.02. The van der Waals surface area contributed by atoms with Gasteiger partial charge in [-0.2, -0.15) is 0 Å². The first kappa shape index (κ1) is 20.2. The van der Waals surface area contributed by atoms with Crippen molar-refractivity contribution in [2.45, 2.75) is 12.8 Å². The number of nitrogens with one attached hydrogen (secondary N) is 2. The van der Waals surface area contributed by atoms with Crippen molar-refractivity contribution < 1.29 is 23.5 Å². The fraction of sp³-hybridized carbons (Fsp3) is 0.300. The molecular formula is C20H23FN2O4. The van der Waals surface area contributed by atoms with E-state index in [1.807, 2.05) is 0 Å². The average Bonchev–Trinajstić information content (AvgIpc) is 2.69. The monoisotopic (exact) mass is 374 g/mol. The Kier molecular flexibility index (Phi) is 7.61. The van der Waals surface area contributed by atoms with Gasteiger partial charge in [-0.1, -0.05) is 18.2 Å². The van der Waals surface area contributed by atoms with Crippen LogP contribution in [-0.4, -0.2) is 39.1 Å². The lowest BCUT2D eigenvalue weighted by Crippen LogP contribution is -2.34. The minimum atomic E-state index is -0.313. The molecule has 0 bridgehead atoms. The van der Waals surface area contributed by atoms with E-state index in [0.29, 0.717) is 29.0 Å². The summed E-state index contributed by atoms with van der Waals surface area (Å²) in [4.78, 5) is 24.0. The van der Waals surface area contributed by atoms with Gasteiger partial charge < -0.3 is 20.1 Å². The third kappa shape index (κ3) is 5.99. The van der Waals surface area contributed by atoms with E-state index in [4.69, 9.17) is 9.47 Å². The van der Waals surface area contributed by atoms with Gasteiger partial charge in [0.2, 0.25) is 5.91 Å². The van der Waals surface area contributed by atoms with Crippen molar-refractivity contribution in [2.75, 3.05) is 27.3 Å². The molecule has 0 spiro atoms. The molecule has 0 heterocycles. The molecule has 2 aromatic carbocycles. The van der Waals surface area contributed by atoms with Crippen LogP contribution in [0.4, 0.5) is 4.39 Å². The van der Waals surface area contributed by atoms with Crippen LogP contribution in [0.3, 0.4) is 0 Å². The summed E-state index contributed by atoms with van der Waals surface area (Å²) in [6.07, 6.45) is 0.515. The SMILES string of the molecule is COc1ccc(C(=O)NCCNC(=O)CCc2ccccc2F)cc1OC. The van der Waals surface area contributed by atoms with Crippen molar-refractivity contribution in [3.05, 3.63) is 59.4 Å². The Hall–Kier alpha value is -3.09. The first-order valence-corrected chi connectivity index (χ1v) is 8.55. The molecule has 7 heteroatoms. The summed E-state index contributed by atoms with van der Waals surface area (Å²) in [5, 5.41) is 5.42. The number of carbonyl (C=O) groups excluding carboxylic acids is 2. The summed E-state index contributed by atoms with van der Waals surface area (Å²) in [5.74, 6) is 0.213. The molecule has 0 atom stereocenters. The molecule has 2 N–H and O–H groups in total. The third-order valence-electron chi connectivity index (χ3n) is 3.96. The van der Waals surface area contributed by atoms with Gasteiger partial charge in [0.15, 0.2) is 11.5 Å². The Morgan fingerprint density at radius 3 is 2.37 bits per heavy atom. The molecule has 0 aliphatic rings. The van der Waals surface area contributed by atoms with E-state index in [9.17, 15) is 14.0 Å². The van der Waals surface area contributed by atoms with Crippen LogP contribution in [0.25, 0.3) is 0 Å². The Morgan fingerprint density at radius 1 is 0.963 bits per heavy atom. The second-order valence-electron chi connectivity index (χ2n) is 5.77. The Bertz CT molecular complexity index is 795. The minimum absolute atomic E-state index is 0.185. The molecule has 0 aliphatic heterocycles. The van der Waals surface area contributed by atoms with Crippen LogP contribution in [0.15, 0.2) is 42.5 Å². The molecule has 2 aromatic rings. The van der Waals surface area contributed by atoms with Crippen LogP contribution < -0.4 is 20.1 Å². The molecule has 0 saturated heterocycles. The summed E-state index contributed by atoms with van der Waals surface area (Å²) in [6, 6.07) is 11.2. The van der Waals surface area contributed by atoms with E-state index in [1.54, 1.807) is 36.4 Å². The second kappa shape index (κ2) is 10.2. The van der Waals surface area contributed by atoms with E-state index in [1.165, 1.54) is 20.3 Å². The molecule has 0 aromatic heterocycles.